The van der Waals surface area contributed by atoms with Gasteiger partial charge in [-0.2, -0.15) is 0 Å². The molecule has 0 saturated heterocycles. The number of hydrogen-bond acceptors (Lipinski definition) is 3. The molecule has 0 atom stereocenters. The number of rotatable bonds is 3. The van der Waals surface area contributed by atoms with Crippen LogP contribution in [-0.4, -0.2) is 11.0 Å². The molecule has 0 fully saturated rings. The van der Waals surface area contributed by atoms with Crippen LogP contribution in [0.2, 0.25) is 0 Å². The van der Waals surface area contributed by atoms with Crippen LogP contribution in [0, 0.1) is 0 Å². The van der Waals surface area contributed by atoms with E-state index in [4.69, 9.17) is 5.73 Å². The van der Waals surface area contributed by atoms with Crippen LogP contribution < -0.4 is 11.1 Å². The van der Waals surface area contributed by atoms with Crippen molar-refractivity contribution < 1.29 is 9.90 Å². The number of benzene rings is 2. The average Bonchev–Trinajstić information content (AvgIpc) is 2.34. The Morgan fingerprint density at radius 3 is 2.79 bits per heavy atom. The molecule has 0 unspecified atom stereocenters. The van der Waals surface area contributed by atoms with Gasteiger partial charge in [0.2, 0.25) is 5.91 Å². The lowest BCUT2D eigenvalue weighted by Gasteiger charge is -2.08. The molecule has 2 rings (SSSR count). The second-order valence-corrected chi connectivity index (χ2v) is 5.05. The van der Waals surface area contributed by atoms with Crippen LogP contribution in [-0.2, 0) is 11.2 Å². The Kier molecular flexibility index (Phi) is 4.06. The fraction of sp³-hybridized carbons (Fsp3) is 0.0714. The van der Waals surface area contributed by atoms with Gasteiger partial charge in [0.15, 0.2) is 0 Å². The molecule has 2 aromatic rings. The summed E-state index contributed by atoms with van der Waals surface area (Å²) >= 11 is 3.28. The monoisotopic (exact) mass is 320 g/mol. The number of phenolic OH excluding ortho intramolecular Hbond substituents is 1. The molecule has 0 aliphatic heterocycles. The fourth-order valence-electron chi connectivity index (χ4n) is 1.69. The summed E-state index contributed by atoms with van der Waals surface area (Å²) in [5, 5.41) is 12.3. The molecule has 0 saturated carbocycles. The van der Waals surface area contributed by atoms with Crippen LogP contribution in [0.3, 0.4) is 0 Å². The number of nitrogens with one attached hydrogen (secondary N) is 1. The number of carbonyl (C=O) groups is 1. The average molecular weight is 321 g/mol. The Bertz CT molecular complexity index is 614. The summed E-state index contributed by atoms with van der Waals surface area (Å²) in [5.74, 6) is -0.178. The summed E-state index contributed by atoms with van der Waals surface area (Å²) < 4.78 is 0.782. The molecule has 0 aliphatic carbocycles. The first-order chi connectivity index (χ1) is 9.04. The third-order valence-corrected chi connectivity index (χ3v) is 3.04. The normalized spacial score (nSPS) is 10.2. The van der Waals surface area contributed by atoms with E-state index >= 15 is 0 Å². The molecule has 2 aromatic carbocycles. The van der Waals surface area contributed by atoms with Gasteiger partial charge in [-0.25, -0.2) is 0 Å². The molecule has 1 amide bonds. The van der Waals surface area contributed by atoms with Crippen molar-refractivity contribution in [3.8, 4) is 5.75 Å². The van der Waals surface area contributed by atoms with Crippen molar-refractivity contribution in [2.45, 2.75) is 6.42 Å². The molecule has 4 N–H and O–H groups in total. The molecule has 0 heterocycles. The summed E-state index contributed by atoms with van der Waals surface area (Å²) in [7, 11) is 0. The van der Waals surface area contributed by atoms with Crippen LogP contribution in [0.5, 0.6) is 5.75 Å². The molecule has 4 nitrogen and oxygen atoms in total. The number of halogens is 1. The van der Waals surface area contributed by atoms with Crippen molar-refractivity contribution in [2.24, 2.45) is 0 Å². The van der Waals surface area contributed by atoms with Gasteiger partial charge in [0.05, 0.1) is 12.1 Å². The lowest BCUT2D eigenvalue weighted by molar-refractivity contribution is -0.115. The molecule has 5 heteroatoms. The van der Waals surface area contributed by atoms with Crippen molar-refractivity contribution in [1.29, 1.82) is 0 Å². The SMILES string of the molecule is Nc1cccc(CC(=O)Nc2cc(Br)ccc2O)c1. The van der Waals surface area contributed by atoms with Crippen molar-refractivity contribution in [1.82, 2.24) is 0 Å². The molecular formula is C14H13BrN2O2. The molecule has 19 heavy (non-hydrogen) atoms. The molecule has 0 spiro atoms. The first-order valence-corrected chi connectivity index (χ1v) is 6.46. The predicted molar refractivity (Wildman–Crippen MR) is 79.0 cm³/mol. The Balaban J connectivity index is 2.07. The highest BCUT2D eigenvalue weighted by Gasteiger charge is 2.08. The zero-order valence-electron chi connectivity index (χ0n) is 10.1. The van der Waals surface area contributed by atoms with Crippen molar-refractivity contribution in [2.75, 3.05) is 11.1 Å². The molecule has 0 bridgehead atoms. The maximum atomic E-state index is 11.9. The Morgan fingerprint density at radius 2 is 2.05 bits per heavy atom. The highest BCUT2D eigenvalue weighted by molar-refractivity contribution is 9.10. The van der Waals surface area contributed by atoms with Crippen LogP contribution >= 0.6 is 15.9 Å². The van der Waals surface area contributed by atoms with Crippen molar-refractivity contribution in [3.63, 3.8) is 0 Å². The number of aromatic hydroxyl groups is 1. The van der Waals surface area contributed by atoms with Gasteiger partial charge in [-0.15, -0.1) is 0 Å². The summed E-state index contributed by atoms with van der Waals surface area (Å²) in [6, 6.07) is 12.0. The molecule has 0 aromatic heterocycles. The predicted octanol–water partition coefficient (Wildman–Crippen LogP) is 2.92. The topological polar surface area (TPSA) is 75.4 Å². The minimum absolute atomic E-state index is 0.0316. The highest BCUT2D eigenvalue weighted by Crippen LogP contribution is 2.26. The summed E-state index contributed by atoms with van der Waals surface area (Å²) in [6.07, 6.45) is 0.205. The maximum Gasteiger partial charge on any atom is 0.228 e. The number of amides is 1. The number of nitrogen functional groups attached to an aromatic ring is 1. The third-order valence-electron chi connectivity index (χ3n) is 2.55. The lowest BCUT2D eigenvalue weighted by Crippen LogP contribution is -2.14. The second-order valence-electron chi connectivity index (χ2n) is 4.13. The number of carbonyl (C=O) groups excluding carboxylic acids is 1. The van der Waals surface area contributed by atoms with Crippen LogP contribution in [0.1, 0.15) is 5.56 Å². The van der Waals surface area contributed by atoms with E-state index in [0.29, 0.717) is 11.4 Å². The van der Waals surface area contributed by atoms with Gasteiger partial charge in [0, 0.05) is 10.2 Å². The minimum Gasteiger partial charge on any atom is -0.506 e. The van der Waals surface area contributed by atoms with E-state index in [1.807, 2.05) is 6.07 Å². The quantitative estimate of drug-likeness (QED) is 0.601. The van der Waals surface area contributed by atoms with Crippen LogP contribution in [0.4, 0.5) is 11.4 Å². The molecule has 0 aliphatic rings. The van der Waals surface area contributed by atoms with Gasteiger partial charge in [-0.05, 0) is 35.9 Å². The molecule has 0 radical (unpaired) electrons. The molecule has 98 valence electrons. The third kappa shape index (κ3) is 3.72. The molecular weight excluding hydrogens is 308 g/mol. The first kappa shape index (κ1) is 13.4. The summed E-state index contributed by atoms with van der Waals surface area (Å²) in [4.78, 5) is 11.9. The smallest absolute Gasteiger partial charge is 0.228 e. The Morgan fingerprint density at radius 1 is 1.26 bits per heavy atom. The van der Waals surface area contributed by atoms with E-state index < -0.39 is 0 Å². The van der Waals surface area contributed by atoms with Gasteiger partial charge in [0.25, 0.3) is 0 Å². The van der Waals surface area contributed by atoms with Crippen LogP contribution in [0.15, 0.2) is 46.9 Å². The maximum absolute atomic E-state index is 11.9. The standard InChI is InChI=1S/C14H13BrN2O2/c15-10-4-5-13(18)12(8-10)17-14(19)7-9-2-1-3-11(16)6-9/h1-6,8,18H,7,16H2,(H,17,19). The highest BCUT2D eigenvalue weighted by atomic mass is 79.9. The summed E-state index contributed by atoms with van der Waals surface area (Å²) in [5.41, 5.74) is 7.48. The van der Waals surface area contributed by atoms with Gasteiger partial charge in [0.1, 0.15) is 5.75 Å². The van der Waals surface area contributed by atoms with Crippen LogP contribution in [0.25, 0.3) is 0 Å². The Hall–Kier alpha value is -2.01. The lowest BCUT2D eigenvalue weighted by atomic mass is 10.1. The largest absolute Gasteiger partial charge is 0.506 e. The van der Waals surface area contributed by atoms with Gasteiger partial charge < -0.3 is 16.2 Å². The fourth-order valence-corrected chi connectivity index (χ4v) is 2.05. The van der Waals surface area contributed by atoms with E-state index in [2.05, 4.69) is 21.2 Å². The van der Waals surface area contributed by atoms with E-state index in [0.717, 1.165) is 10.0 Å². The number of nitrogens with two attached hydrogens (primary N) is 1. The van der Waals surface area contributed by atoms with Gasteiger partial charge in [-0.1, -0.05) is 28.1 Å². The zero-order valence-corrected chi connectivity index (χ0v) is 11.6. The summed E-state index contributed by atoms with van der Waals surface area (Å²) in [6.45, 7) is 0. The minimum atomic E-state index is -0.209. The van der Waals surface area contributed by atoms with Gasteiger partial charge in [-0.3, -0.25) is 4.79 Å². The second kappa shape index (κ2) is 5.75. The number of anilines is 2. The first-order valence-electron chi connectivity index (χ1n) is 5.67. The van der Waals surface area contributed by atoms with E-state index in [-0.39, 0.29) is 18.1 Å². The van der Waals surface area contributed by atoms with E-state index in [1.54, 1.807) is 30.3 Å². The van der Waals surface area contributed by atoms with Gasteiger partial charge >= 0.3 is 0 Å². The zero-order chi connectivity index (χ0) is 13.8. The number of hydrogen-bond donors (Lipinski definition) is 3. The van der Waals surface area contributed by atoms with E-state index in [1.165, 1.54) is 6.07 Å². The number of phenols is 1. The van der Waals surface area contributed by atoms with Crippen molar-refractivity contribution >= 4 is 33.2 Å². The van der Waals surface area contributed by atoms with Crippen molar-refractivity contribution in [3.05, 3.63) is 52.5 Å². The Labute approximate surface area is 119 Å². The van der Waals surface area contributed by atoms with E-state index in [9.17, 15) is 9.90 Å².